The predicted octanol–water partition coefficient (Wildman–Crippen LogP) is 4.98. The van der Waals surface area contributed by atoms with Crippen LogP contribution in [0.2, 0.25) is 0 Å². The summed E-state index contributed by atoms with van der Waals surface area (Å²) in [6.07, 6.45) is 1.05. The number of rotatable bonds is 5. The highest BCUT2D eigenvalue weighted by atomic mass is 32.2. The molecule has 3 aromatic rings. The maximum atomic E-state index is 13.0. The van der Waals surface area contributed by atoms with E-state index in [0.717, 1.165) is 17.2 Å². The normalized spacial score (nSPS) is 14.1. The van der Waals surface area contributed by atoms with Gasteiger partial charge in [0.05, 0.1) is 0 Å². The Morgan fingerprint density at radius 3 is 1.97 bits per heavy atom. The summed E-state index contributed by atoms with van der Waals surface area (Å²) in [6.45, 7) is 4.20. The van der Waals surface area contributed by atoms with Crippen molar-refractivity contribution < 1.29 is 17.4 Å². The van der Waals surface area contributed by atoms with Crippen molar-refractivity contribution in [2.24, 2.45) is 0 Å². The number of benzene rings is 3. The molecule has 0 saturated carbocycles. The molecule has 0 bridgehead atoms. The molecule has 0 atom stereocenters. The minimum Gasteiger partial charge on any atom is -0.379 e. The first-order chi connectivity index (χ1) is 14.7. The molecule has 156 valence electrons. The van der Waals surface area contributed by atoms with Crippen molar-refractivity contribution in [2.45, 2.75) is 19.3 Å². The van der Waals surface area contributed by atoms with Crippen molar-refractivity contribution in [3.63, 3.8) is 0 Å². The average Bonchev–Trinajstić information content (AvgIpc) is 2.77. The Kier molecular flexibility index (Phi) is 5.11. The fraction of sp³-hybridized carbons (Fsp3) is 0.120. The lowest BCUT2D eigenvalue weighted by Crippen LogP contribution is -2.23. The lowest BCUT2D eigenvalue weighted by atomic mass is 9.78. The zero-order valence-corrected chi connectivity index (χ0v) is 17.9. The molecule has 0 fully saturated rings. The number of nitrogens with one attached hydrogen (secondary N) is 1. The van der Waals surface area contributed by atoms with Crippen LogP contribution >= 0.6 is 0 Å². The standard InChI is InChI=1S/C25H21NO4S/c1-25(2,17-8-4-3-5-9-17)18-12-14-19(15-13-18)30-31(28,29)23-16-22(26)24(27)21-11-7-6-10-20(21)23/h3-16,26H,1-2H3. The van der Waals surface area contributed by atoms with Crippen LogP contribution in [-0.2, 0) is 15.5 Å². The van der Waals surface area contributed by atoms with Gasteiger partial charge >= 0.3 is 10.1 Å². The number of Topliss-reactive ketones (excluding diaryl/α,β-unsaturated/α-hetero) is 1. The van der Waals surface area contributed by atoms with E-state index in [2.05, 4.69) is 26.0 Å². The van der Waals surface area contributed by atoms with Crippen molar-refractivity contribution in [2.75, 3.05) is 0 Å². The van der Waals surface area contributed by atoms with Crippen molar-refractivity contribution >= 4 is 26.5 Å². The van der Waals surface area contributed by atoms with Gasteiger partial charge in [0.2, 0.25) is 5.78 Å². The molecule has 0 amide bonds. The maximum Gasteiger partial charge on any atom is 0.339 e. The van der Waals surface area contributed by atoms with E-state index in [9.17, 15) is 13.2 Å². The van der Waals surface area contributed by atoms with Crippen LogP contribution in [0, 0.1) is 5.41 Å². The summed E-state index contributed by atoms with van der Waals surface area (Å²) in [5, 5.41) is 7.85. The molecule has 0 radical (unpaired) electrons. The second-order valence-corrected chi connectivity index (χ2v) is 9.36. The number of carbonyl (C=O) groups is 1. The number of carbonyl (C=O) groups excluding carboxylic acids is 1. The van der Waals surface area contributed by atoms with Crippen LogP contribution in [0.15, 0.2) is 84.9 Å². The second-order valence-electron chi connectivity index (χ2n) is 7.85. The Hall–Kier alpha value is -3.51. The van der Waals surface area contributed by atoms with Crippen LogP contribution < -0.4 is 4.18 Å². The highest BCUT2D eigenvalue weighted by Gasteiger charge is 2.32. The van der Waals surface area contributed by atoms with Crippen LogP contribution in [-0.4, -0.2) is 19.9 Å². The van der Waals surface area contributed by atoms with Crippen molar-refractivity contribution in [1.29, 1.82) is 5.41 Å². The number of hydrogen-bond donors (Lipinski definition) is 1. The zero-order valence-electron chi connectivity index (χ0n) is 17.1. The topological polar surface area (TPSA) is 84.3 Å². The number of hydrogen-bond acceptors (Lipinski definition) is 5. The molecule has 0 aliphatic heterocycles. The summed E-state index contributed by atoms with van der Waals surface area (Å²) >= 11 is 0. The van der Waals surface area contributed by atoms with Gasteiger partial charge in [-0.3, -0.25) is 10.2 Å². The van der Waals surface area contributed by atoms with Gasteiger partial charge in [0.25, 0.3) is 0 Å². The van der Waals surface area contributed by atoms with Gasteiger partial charge in [-0.15, -0.1) is 0 Å². The lowest BCUT2D eigenvalue weighted by molar-refractivity contribution is 0.106. The van der Waals surface area contributed by atoms with Gasteiger partial charge in [-0.2, -0.15) is 8.42 Å². The van der Waals surface area contributed by atoms with Gasteiger partial charge in [-0.05, 0) is 29.3 Å². The second kappa shape index (κ2) is 7.63. The fourth-order valence-corrected chi connectivity index (χ4v) is 4.81. The lowest BCUT2D eigenvalue weighted by Gasteiger charge is -2.26. The van der Waals surface area contributed by atoms with Crippen molar-refractivity contribution in [3.8, 4) is 5.75 Å². The first-order valence-electron chi connectivity index (χ1n) is 9.75. The van der Waals surface area contributed by atoms with E-state index in [0.29, 0.717) is 0 Å². The molecule has 0 aromatic heterocycles. The smallest absolute Gasteiger partial charge is 0.339 e. The molecule has 0 heterocycles. The molecule has 5 nitrogen and oxygen atoms in total. The summed E-state index contributed by atoms with van der Waals surface area (Å²) in [5.74, 6) is -0.350. The SMILES string of the molecule is CC(C)(c1ccccc1)c1ccc(OS(=O)(=O)C2=CC(=N)C(=O)c3ccccc32)cc1. The van der Waals surface area contributed by atoms with E-state index in [-0.39, 0.29) is 32.9 Å². The van der Waals surface area contributed by atoms with E-state index in [1.165, 1.54) is 12.1 Å². The summed E-state index contributed by atoms with van der Waals surface area (Å²) in [6, 6.07) is 23.3. The summed E-state index contributed by atoms with van der Waals surface area (Å²) in [7, 11) is -4.24. The Labute approximate surface area is 181 Å². The van der Waals surface area contributed by atoms with Gasteiger partial charge < -0.3 is 4.18 Å². The number of allylic oxidation sites excluding steroid dienone is 1. The van der Waals surface area contributed by atoms with Crippen molar-refractivity contribution in [3.05, 3.63) is 107 Å². The van der Waals surface area contributed by atoms with Gasteiger partial charge in [0, 0.05) is 16.5 Å². The molecule has 0 spiro atoms. The predicted molar refractivity (Wildman–Crippen MR) is 121 cm³/mol. The van der Waals surface area contributed by atoms with Gasteiger partial charge in [0.1, 0.15) is 16.4 Å². The van der Waals surface area contributed by atoms with Crippen LogP contribution in [0.4, 0.5) is 0 Å². The summed E-state index contributed by atoms with van der Waals surface area (Å²) in [5.41, 5.74) is 1.92. The van der Waals surface area contributed by atoms with Gasteiger partial charge in [-0.1, -0.05) is 80.6 Å². The zero-order chi connectivity index (χ0) is 22.2. The van der Waals surface area contributed by atoms with Crippen LogP contribution in [0.25, 0.3) is 4.91 Å². The first-order valence-corrected chi connectivity index (χ1v) is 11.2. The minimum atomic E-state index is -4.24. The number of ketones is 1. The van der Waals surface area contributed by atoms with Crippen LogP contribution in [0.5, 0.6) is 5.75 Å². The van der Waals surface area contributed by atoms with E-state index in [1.807, 2.05) is 30.3 Å². The van der Waals surface area contributed by atoms with E-state index >= 15 is 0 Å². The fourth-order valence-electron chi connectivity index (χ4n) is 3.64. The monoisotopic (exact) mass is 431 g/mol. The third kappa shape index (κ3) is 3.82. The molecule has 1 N–H and O–H groups in total. The van der Waals surface area contributed by atoms with E-state index < -0.39 is 15.9 Å². The molecular weight excluding hydrogens is 410 g/mol. The highest BCUT2D eigenvalue weighted by Crippen LogP contribution is 2.34. The van der Waals surface area contributed by atoms with Crippen LogP contribution in [0.1, 0.15) is 40.9 Å². The molecule has 6 heteroatoms. The minimum absolute atomic E-state index is 0.162. The molecule has 4 rings (SSSR count). The Bertz CT molecular complexity index is 1310. The van der Waals surface area contributed by atoms with Gasteiger partial charge in [-0.25, -0.2) is 0 Å². The van der Waals surface area contributed by atoms with E-state index in [4.69, 9.17) is 9.59 Å². The Morgan fingerprint density at radius 1 is 0.774 bits per heavy atom. The highest BCUT2D eigenvalue weighted by molar-refractivity contribution is 7.96. The van der Waals surface area contributed by atoms with Crippen LogP contribution in [0.3, 0.4) is 0 Å². The first kappa shape index (κ1) is 20.8. The Balaban J connectivity index is 1.63. The molecule has 1 aliphatic rings. The largest absolute Gasteiger partial charge is 0.379 e. The summed E-state index contributed by atoms with van der Waals surface area (Å²) in [4.78, 5) is 12.0. The maximum absolute atomic E-state index is 13.0. The van der Waals surface area contributed by atoms with Gasteiger partial charge in [0.15, 0.2) is 0 Å². The molecular formula is C25H21NO4S. The molecule has 31 heavy (non-hydrogen) atoms. The number of fused-ring (bicyclic) bond motifs is 1. The Morgan fingerprint density at radius 2 is 1.32 bits per heavy atom. The third-order valence-corrected chi connectivity index (χ3v) is 6.79. The third-order valence-electron chi connectivity index (χ3n) is 5.50. The average molecular weight is 432 g/mol. The summed E-state index contributed by atoms with van der Waals surface area (Å²) < 4.78 is 31.3. The molecule has 3 aromatic carbocycles. The molecule has 0 unspecified atom stereocenters. The quantitative estimate of drug-likeness (QED) is 0.578. The molecule has 1 aliphatic carbocycles. The van der Waals surface area contributed by atoms with E-state index in [1.54, 1.807) is 24.3 Å². The molecule has 0 saturated heterocycles. The van der Waals surface area contributed by atoms with Crippen molar-refractivity contribution in [1.82, 2.24) is 0 Å².